The topological polar surface area (TPSA) is 113 Å². The van der Waals surface area contributed by atoms with Crippen molar-refractivity contribution < 1.29 is 18.0 Å². The van der Waals surface area contributed by atoms with Crippen LogP contribution in [0.25, 0.3) is 0 Å². The molecule has 0 unspecified atom stereocenters. The molecule has 1 aromatic heterocycles. The van der Waals surface area contributed by atoms with Crippen molar-refractivity contribution in [2.24, 2.45) is 0 Å². The lowest BCUT2D eigenvalue weighted by molar-refractivity contribution is -0.129. The summed E-state index contributed by atoms with van der Waals surface area (Å²) in [6.45, 7) is 5.30. The van der Waals surface area contributed by atoms with Gasteiger partial charge in [0.25, 0.3) is 0 Å². The number of sulfonamides is 1. The van der Waals surface area contributed by atoms with Crippen LogP contribution in [0.5, 0.6) is 0 Å². The molecule has 12 heteroatoms. The third-order valence-electron chi connectivity index (χ3n) is 4.54. The van der Waals surface area contributed by atoms with Crippen molar-refractivity contribution in [1.82, 2.24) is 19.4 Å². The number of carbonyl (C=O) groups is 2. The van der Waals surface area contributed by atoms with Gasteiger partial charge in [-0.2, -0.15) is 4.31 Å². The summed E-state index contributed by atoms with van der Waals surface area (Å²) in [4.78, 5) is 25.7. The summed E-state index contributed by atoms with van der Waals surface area (Å²) in [5.74, 6) is 0.0680. The van der Waals surface area contributed by atoms with E-state index in [4.69, 9.17) is 0 Å². The highest BCUT2D eigenvalue weighted by molar-refractivity contribution is 8.01. The number of piperazine rings is 1. The lowest BCUT2D eigenvalue weighted by Gasteiger charge is -2.34. The quantitative estimate of drug-likeness (QED) is 0.460. The molecule has 0 atom stereocenters. The van der Waals surface area contributed by atoms with Crippen molar-refractivity contribution in [3.63, 3.8) is 0 Å². The predicted molar refractivity (Wildman–Crippen MR) is 117 cm³/mol. The Labute approximate surface area is 183 Å². The first-order valence-electron chi connectivity index (χ1n) is 9.40. The number of thioether (sulfide) groups is 1. The first kappa shape index (κ1) is 22.7. The summed E-state index contributed by atoms with van der Waals surface area (Å²) < 4.78 is 27.7. The molecule has 30 heavy (non-hydrogen) atoms. The summed E-state index contributed by atoms with van der Waals surface area (Å²) in [6, 6.07) is 5.93. The van der Waals surface area contributed by atoms with Gasteiger partial charge in [-0.15, -0.1) is 10.2 Å². The molecule has 1 fully saturated rings. The Bertz CT molecular complexity index is 999. The molecule has 0 bridgehead atoms. The van der Waals surface area contributed by atoms with E-state index >= 15 is 0 Å². The zero-order chi connectivity index (χ0) is 21.7. The number of nitrogens with one attached hydrogen (secondary N) is 1. The summed E-state index contributed by atoms with van der Waals surface area (Å²) in [6.07, 6.45) is 0. The van der Waals surface area contributed by atoms with Crippen LogP contribution in [0.4, 0.5) is 5.13 Å². The van der Waals surface area contributed by atoms with Gasteiger partial charge in [0.2, 0.25) is 21.1 Å². The molecule has 2 heterocycles. The number of benzene rings is 1. The van der Waals surface area contributed by atoms with Crippen molar-refractivity contribution in [2.75, 3.05) is 43.8 Å². The monoisotopic (exact) mass is 469 g/mol. The molecule has 0 saturated carbocycles. The van der Waals surface area contributed by atoms with Crippen molar-refractivity contribution in [2.45, 2.75) is 23.1 Å². The minimum absolute atomic E-state index is 0.0527. The Morgan fingerprint density at radius 1 is 1.13 bits per heavy atom. The fourth-order valence-corrected chi connectivity index (χ4v) is 6.04. The average Bonchev–Trinajstić information content (AvgIpc) is 3.20. The molecule has 9 nitrogen and oxygen atoms in total. The minimum Gasteiger partial charge on any atom is -0.360 e. The largest absolute Gasteiger partial charge is 0.360 e. The second kappa shape index (κ2) is 9.86. The molecule has 1 saturated heterocycles. The van der Waals surface area contributed by atoms with E-state index in [1.165, 1.54) is 58.6 Å². The maximum atomic E-state index is 12.8. The van der Waals surface area contributed by atoms with Crippen LogP contribution in [-0.2, 0) is 14.8 Å². The molecule has 1 N–H and O–H groups in total. The number of rotatable bonds is 8. The van der Waals surface area contributed by atoms with Crippen molar-refractivity contribution in [3.05, 3.63) is 29.8 Å². The molecular formula is C18H23N5O4S3. The smallest absolute Gasteiger partial charge is 0.243 e. The Balaban J connectivity index is 1.52. The number of anilines is 1. The minimum atomic E-state index is -3.66. The van der Waals surface area contributed by atoms with E-state index in [0.717, 1.165) is 16.0 Å². The SMILES string of the molecule is CCNc1nnc(SCC(=O)N2CCN(S(=O)(=O)c3ccc(C(C)=O)cc3)CC2)s1. The summed E-state index contributed by atoms with van der Waals surface area (Å²) in [7, 11) is -3.66. The molecule has 0 radical (unpaired) electrons. The maximum Gasteiger partial charge on any atom is 0.243 e. The van der Waals surface area contributed by atoms with Crippen LogP contribution in [0.2, 0.25) is 0 Å². The highest BCUT2D eigenvalue weighted by Gasteiger charge is 2.30. The van der Waals surface area contributed by atoms with Crippen LogP contribution < -0.4 is 5.32 Å². The van der Waals surface area contributed by atoms with Gasteiger partial charge in [0.15, 0.2) is 10.1 Å². The van der Waals surface area contributed by atoms with Crippen LogP contribution in [0.3, 0.4) is 0 Å². The molecule has 0 spiro atoms. The van der Waals surface area contributed by atoms with Crippen molar-refractivity contribution in [1.29, 1.82) is 0 Å². The van der Waals surface area contributed by atoms with Crippen LogP contribution in [0, 0.1) is 0 Å². The Hall–Kier alpha value is -2.02. The fraction of sp³-hybridized carbons (Fsp3) is 0.444. The Kier molecular flexibility index (Phi) is 7.45. The molecular weight excluding hydrogens is 446 g/mol. The number of Topliss-reactive ketones (excluding diaryl/α,β-unsaturated/α-hetero) is 1. The molecule has 1 aliphatic heterocycles. The summed E-state index contributed by atoms with van der Waals surface area (Å²) in [5.41, 5.74) is 0.467. The normalized spacial score (nSPS) is 15.2. The number of hydrogen-bond donors (Lipinski definition) is 1. The lowest BCUT2D eigenvalue weighted by Crippen LogP contribution is -2.50. The number of carbonyl (C=O) groups excluding carboxylic acids is 2. The highest BCUT2D eigenvalue weighted by atomic mass is 32.2. The number of nitrogens with zero attached hydrogens (tertiary/aromatic N) is 4. The average molecular weight is 470 g/mol. The number of aromatic nitrogens is 2. The van der Waals surface area contributed by atoms with Crippen LogP contribution in [-0.4, -0.2) is 78.0 Å². The molecule has 162 valence electrons. The van der Waals surface area contributed by atoms with E-state index in [9.17, 15) is 18.0 Å². The second-order valence-electron chi connectivity index (χ2n) is 6.56. The van der Waals surface area contributed by atoms with Gasteiger partial charge < -0.3 is 10.2 Å². The number of amides is 1. The summed E-state index contributed by atoms with van der Waals surface area (Å²) >= 11 is 2.73. The first-order chi connectivity index (χ1) is 14.3. The van der Waals surface area contributed by atoms with Crippen LogP contribution in [0.15, 0.2) is 33.5 Å². The van der Waals surface area contributed by atoms with Gasteiger partial charge in [-0.1, -0.05) is 35.2 Å². The Morgan fingerprint density at radius 3 is 2.40 bits per heavy atom. The third-order valence-corrected chi connectivity index (χ3v) is 8.46. The third kappa shape index (κ3) is 5.36. The van der Waals surface area contributed by atoms with E-state index in [0.29, 0.717) is 18.7 Å². The van der Waals surface area contributed by atoms with Gasteiger partial charge in [0.05, 0.1) is 10.6 Å². The maximum absolute atomic E-state index is 12.8. The van der Waals surface area contributed by atoms with Gasteiger partial charge in [-0.25, -0.2) is 8.42 Å². The van der Waals surface area contributed by atoms with E-state index in [1.54, 1.807) is 4.90 Å². The van der Waals surface area contributed by atoms with Gasteiger partial charge in [-0.3, -0.25) is 9.59 Å². The Morgan fingerprint density at radius 2 is 1.80 bits per heavy atom. The zero-order valence-electron chi connectivity index (χ0n) is 16.7. The molecule has 3 rings (SSSR count). The van der Waals surface area contributed by atoms with Gasteiger partial charge in [0.1, 0.15) is 0 Å². The van der Waals surface area contributed by atoms with Crippen LogP contribution >= 0.6 is 23.1 Å². The molecule has 1 aliphatic rings. The highest BCUT2D eigenvalue weighted by Crippen LogP contribution is 2.26. The van der Waals surface area contributed by atoms with E-state index in [2.05, 4.69) is 15.5 Å². The molecule has 1 aromatic carbocycles. The first-order valence-corrected chi connectivity index (χ1v) is 12.6. The van der Waals surface area contributed by atoms with Gasteiger partial charge in [0, 0.05) is 38.3 Å². The number of ketones is 1. The lowest BCUT2D eigenvalue weighted by atomic mass is 10.2. The zero-order valence-corrected chi connectivity index (χ0v) is 19.1. The van der Waals surface area contributed by atoms with Crippen molar-refractivity contribution in [3.8, 4) is 0 Å². The number of hydrogen-bond acceptors (Lipinski definition) is 9. The van der Waals surface area contributed by atoms with Gasteiger partial charge >= 0.3 is 0 Å². The fourth-order valence-electron chi connectivity index (χ4n) is 2.89. The molecule has 2 aromatic rings. The van der Waals surface area contributed by atoms with Crippen molar-refractivity contribution >= 4 is 49.9 Å². The van der Waals surface area contributed by atoms with Crippen LogP contribution in [0.1, 0.15) is 24.2 Å². The second-order valence-corrected chi connectivity index (χ2v) is 10.7. The standard InChI is InChI=1S/C18H23N5O4S3/c1-3-19-17-20-21-18(29-17)28-12-16(25)22-8-10-23(11-9-22)30(26,27)15-6-4-14(5-7-15)13(2)24/h4-7H,3,8-12H2,1-2H3,(H,19,20). The molecule has 1 amide bonds. The summed E-state index contributed by atoms with van der Waals surface area (Å²) in [5, 5.41) is 11.8. The predicted octanol–water partition coefficient (Wildman–Crippen LogP) is 1.80. The molecule has 0 aliphatic carbocycles. The van der Waals surface area contributed by atoms with E-state index < -0.39 is 10.0 Å². The van der Waals surface area contributed by atoms with E-state index in [-0.39, 0.29) is 35.4 Å². The van der Waals surface area contributed by atoms with E-state index in [1.807, 2.05) is 6.92 Å². The van der Waals surface area contributed by atoms with Gasteiger partial charge in [-0.05, 0) is 26.0 Å².